The first kappa shape index (κ1) is 29.7. The Morgan fingerprint density at radius 2 is 1.85 bits per heavy atom. The monoisotopic (exact) mass is 573 g/mol. The first-order valence-electron chi connectivity index (χ1n) is 13.6. The number of aliphatic hydroxyl groups is 1. The van der Waals surface area contributed by atoms with Crippen molar-refractivity contribution in [2.75, 3.05) is 5.32 Å². The molecule has 1 aliphatic carbocycles. The highest BCUT2D eigenvalue weighted by Crippen LogP contribution is 2.56. The van der Waals surface area contributed by atoms with Gasteiger partial charge in [0.2, 0.25) is 5.91 Å². The highest BCUT2D eigenvalue weighted by Gasteiger charge is 2.54. The van der Waals surface area contributed by atoms with Crippen LogP contribution in [0.2, 0.25) is 24.7 Å². The Bertz CT molecular complexity index is 1340. The largest absolute Gasteiger partial charge is 0.463 e. The van der Waals surface area contributed by atoms with E-state index in [1.54, 1.807) is 39.8 Å². The van der Waals surface area contributed by atoms with Gasteiger partial charge in [-0.05, 0) is 58.2 Å². The van der Waals surface area contributed by atoms with Gasteiger partial charge in [-0.2, -0.15) is 5.10 Å². The van der Waals surface area contributed by atoms with Crippen LogP contribution in [0.5, 0.6) is 0 Å². The van der Waals surface area contributed by atoms with E-state index in [0.717, 1.165) is 23.9 Å². The summed E-state index contributed by atoms with van der Waals surface area (Å²) in [5, 5.41) is 30.1. The third-order valence-corrected chi connectivity index (χ3v) is 12.1. The Kier molecular flexibility index (Phi) is 7.42. The van der Waals surface area contributed by atoms with E-state index in [9.17, 15) is 29.0 Å². The molecule has 4 N–H and O–H groups in total. The summed E-state index contributed by atoms with van der Waals surface area (Å²) in [6.07, 6.45) is 1.28. The molecule has 1 atom stereocenters. The summed E-state index contributed by atoms with van der Waals surface area (Å²) >= 11 is 0. The molecule has 1 fully saturated rings. The number of hydrogen-bond acceptors (Lipinski definition) is 5. The second-order valence-corrected chi connectivity index (χ2v) is 18.7. The molecule has 0 bridgehead atoms. The number of amides is 3. The van der Waals surface area contributed by atoms with Crippen molar-refractivity contribution in [2.45, 2.75) is 102 Å². The Morgan fingerprint density at radius 1 is 1.20 bits per heavy atom. The fourth-order valence-corrected chi connectivity index (χ4v) is 8.54. The van der Waals surface area contributed by atoms with Crippen molar-refractivity contribution in [1.29, 1.82) is 0 Å². The number of anilines is 1. The number of carboxylic acid groups (broad SMARTS) is 1. The van der Waals surface area contributed by atoms with Crippen LogP contribution >= 0.6 is 0 Å². The van der Waals surface area contributed by atoms with E-state index >= 15 is 0 Å². The number of rotatable bonds is 7. The first-order valence-corrected chi connectivity index (χ1v) is 17.1. The van der Waals surface area contributed by atoms with E-state index in [-0.39, 0.29) is 24.7 Å². The number of hydrogen-bond donors (Lipinski definition) is 4. The summed E-state index contributed by atoms with van der Waals surface area (Å²) in [7, 11) is -1.94. The van der Waals surface area contributed by atoms with E-state index in [0.29, 0.717) is 16.8 Å². The highest BCUT2D eigenvalue weighted by molar-refractivity contribution is 6.83. The zero-order chi connectivity index (χ0) is 29.8. The average molecular weight is 574 g/mol. The predicted octanol–water partition coefficient (Wildman–Crippen LogP) is 5.41. The summed E-state index contributed by atoms with van der Waals surface area (Å²) in [5.41, 5.74) is -0.826. The van der Waals surface area contributed by atoms with Crippen molar-refractivity contribution in [3.63, 3.8) is 0 Å². The molecule has 2 aromatic rings. The summed E-state index contributed by atoms with van der Waals surface area (Å²) in [4.78, 5) is 41.0. The van der Waals surface area contributed by atoms with E-state index < -0.39 is 48.2 Å². The molecule has 3 amide bonds. The third-order valence-electron chi connectivity index (χ3n) is 8.54. The quantitative estimate of drug-likeness (QED) is 0.327. The molecule has 40 heavy (non-hydrogen) atoms. The number of nitrogens with one attached hydrogen (secondary N) is 2. The number of aromatic nitrogens is 2. The normalized spacial score (nSPS) is 18.5. The molecule has 1 aliphatic heterocycles. The number of carbonyl (C=O) groups is 3. The number of carbonyl (C=O) groups excluding carboxylic acids is 2. The topological polar surface area (TPSA) is 137 Å². The maximum Gasteiger partial charge on any atom is 0.434 e. The predicted molar refractivity (Wildman–Crippen MR) is 151 cm³/mol. The van der Waals surface area contributed by atoms with Crippen LogP contribution in [0, 0.1) is 5.82 Å². The number of nitrogens with zero attached hydrogens (tertiary/aromatic N) is 3. The molecule has 1 aromatic heterocycles. The van der Waals surface area contributed by atoms with Crippen molar-refractivity contribution in [3.05, 3.63) is 46.9 Å². The van der Waals surface area contributed by atoms with Crippen LogP contribution in [0.4, 0.5) is 19.8 Å². The Labute approximate surface area is 234 Å². The van der Waals surface area contributed by atoms with Gasteiger partial charge in [-0.25, -0.2) is 14.0 Å². The Hall–Kier alpha value is -3.25. The molecule has 2 heterocycles. The summed E-state index contributed by atoms with van der Waals surface area (Å²) < 4.78 is 14.8. The van der Waals surface area contributed by atoms with Gasteiger partial charge in [-0.3, -0.25) is 4.79 Å². The lowest BCUT2D eigenvalue weighted by Gasteiger charge is -2.48. The summed E-state index contributed by atoms with van der Waals surface area (Å²) in [6.45, 7) is 13.2. The van der Waals surface area contributed by atoms with Gasteiger partial charge in [0.1, 0.15) is 11.6 Å². The smallest absolute Gasteiger partial charge is 0.434 e. The molecule has 0 spiro atoms. The van der Waals surface area contributed by atoms with Crippen LogP contribution in [0.15, 0.2) is 24.3 Å². The van der Waals surface area contributed by atoms with Crippen LogP contribution in [0.1, 0.15) is 76.2 Å². The van der Waals surface area contributed by atoms with Crippen molar-refractivity contribution in [2.24, 2.45) is 0 Å². The number of urea groups is 1. The molecular weight excluding hydrogens is 533 g/mol. The molecule has 4 rings (SSSR count). The lowest BCUT2D eigenvalue weighted by Crippen LogP contribution is -2.52. The summed E-state index contributed by atoms with van der Waals surface area (Å²) in [6, 6.07) is 4.67. The molecular formula is C28H40FN5O5Si. The van der Waals surface area contributed by atoms with Crippen LogP contribution < -0.4 is 10.6 Å². The summed E-state index contributed by atoms with van der Waals surface area (Å²) in [5.74, 6) is -0.585. The molecule has 1 aromatic carbocycles. The van der Waals surface area contributed by atoms with Gasteiger partial charge in [0.05, 0.1) is 37.5 Å². The zero-order valence-electron chi connectivity index (χ0n) is 24.3. The van der Waals surface area contributed by atoms with E-state index in [4.69, 9.17) is 0 Å². The van der Waals surface area contributed by atoms with Gasteiger partial charge in [-0.1, -0.05) is 38.2 Å². The fraction of sp³-hybridized carbons (Fsp3) is 0.571. The van der Waals surface area contributed by atoms with E-state index in [1.165, 1.54) is 17.0 Å². The van der Waals surface area contributed by atoms with Gasteiger partial charge in [0, 0.05) is 17.0 Å². The van der Waals surface area contributed by atoms with Crippen LogP contribution in [-0.2, 0) is 16.9 Å². The van der Waals surface area contributed by atoms with Crippen LogP contribution in [0.25, 0.3) is 0 Å². The molecule has 2 aliphatic rings. The minimum absolute atomic E-state index is 0.00932. The van der Waals surface area contributed by atoms with Crippen LogP contribution in [0.3, 0.4) is 0 Å². The third kappa shape index (κ3) is 5.26. The molecule has 1 unspecified atom stereocenters. The van der Waals surface area contributed by atoms with Crippen LogP contribution in [-0.4, -0.2) is 56.6 Å². The van der Waals surface area contributed by atoms with Gasteiger partial charge in [0.15, 0.2) is 0 Å². The highest BCUT2D eigenvalue weighted by atomic mass is 28.3. The number of halogens is 1. The maximum atomic E-state index is 14.0. The minimum Gasteiger partial charge on any atom is -0.463 e. The molecule has 12 heteroatoms. The SMILES string of the molecule is CC(C)(O)CC(NC(=O)N1Cc2c(nn(C(=O)O)c2NC(=O)C2([Si](C)(C)C)CCC2)C1(C)C)c1cccc(F)c1. The van der Waals surface area contributed by atoms with Crippen molar-refractivity contribution >= 4 is 31.9 Å². The van der Waals surface area contributed by atoms with E-state index in [1.807, 2.05) is 0 Å². The van der Waals surface area contributed by atoms with Crippen molar-refractivity contribution in [3.8, 4) is 0 Å². The van der Waals surface area contributed by atoms with Crippen molar-refractivity contribution < 1.29 is 29.0 Å². The van der Waals surface area contributed by atoms with Gasteiger partial charge in [-0.15, -0.1) is 4.68 Å². The first-order chi connectivity index (χ1) is 18.4. The molecule has 10 nitrogen and oxygen atoms in total. The average Bonchev–Trinajstić information content (AvgIpc) is 3.25. The van der Waals surface area contributed by atoms with E-state index in [2.05, 4.69) is 35.4 Å². The molecule has 0 radical (unpaired) electrons. The molecule has 1 saturated carbocycles. The van der Waals surface area contributed by atoms with Gasteiger partial charge in [0.25, 0.3) is 0 Å². The lowest BCUT2D eigenvalue weighted by molar-refractivity contribution is -0.121. The fourth-order valence-electron chi connectivity index (χ4n) is 5.95. The Morgan fingerprint density at radius 3 is 2.35 bits per heavy atom. The number of fused-ring (bicyclic) bond motifs is 1. The van der Waals surface area contributed by atoms with Crippen molar-refractivity contribution in [1.82, 2.24) is 20.0 Å². The minimum atomic E-state index is -1.94. The molecule has 218 valence electrons. The van der Waals surface area contributed by atoms with Gasteiger partial charge < -0.3 is 25.7 Å². The Balaban J connectivity index is 1.65. The lowest BCUT2D eigenvalue weighted by atomic mass is 9.83. The standard InChI is InChI=1S/C28H40FN5O5Si/c1-26(2,39)15-20(17-10-8-11-18(29)14-17)30-24(36)33-16-19-21(27(33,3)4)32-34(25(37)38)22(19)31-23(35)28(12-9-13-28)40(5,6)7/h8,10-11,14,20,39H,9,12-13,15-16H2,1-7H3,(H,30,36)(H,31,35)(H,37,38). The molecule has 0 saturated heterocycles. The second kappa shape index (κ2) is 9.98. The zero-order valence-corrected chi connectivity index (χ0v) is 25.3. The maximum absolute atomic E-state index is 14.0. The second-order valence-electron chi connectivity index (χ2n) is 13.2. The number of benzene rings is 1. The van der Waals surface area contributed by atoms with Gasteiger partial charge >= 0.3 is 12.1 Å².